The number of rotatable bonds is 2. The summed E-state index contributed by atoms with van der Waals surface area (Å²) in [4.78, 5) is 21.9. The van der Waals surface area contributed by atoms with Crippen LogP contribution in [-0.2, 0) is 0 Å². The average molecular weight is 269 g/mol. The van der Waals surface area contributed by atoms with Gasteiger partial charge in [0.15, 0.2) is 5.69 Å². The van der Waals surface area contributed by atoms with Gasteiger partial charge in [0.05, 0.1) is 4.92 Å². The van der Waals surface area contributed by atoms with Gasteiger partial charge >= 0.3 is 5.69 Å². The van der Waals surface area contributed by atoms with Crippen LogP contribution in [0.2, 0.25) is 0 Å². The molecule has 8 heteroatoms. The number of alkyl halides is 2. The molecule has 0 amide bonds. The maximum Gasteiger partial charge on any atom is 0.308 e. The Morgan fingerprint density at radius 2 is 2.14 bits per heavy atom. The number of hydrogen-bond acceptors (Lipinski definition) is 3. The molecule has 1 aromatic heterocycles. The van der Waals surface area contributed by atoms with Crippen molar-refractivity contribution in [2.75, 3.05) is 0 Å². The summed E-state index contributed by atoms with van der Waals surface area (Å²) < 4.78 is 24.2. The summed E-state index contributed by atoms with van der Waals surface area (Å²) in [6.07, 6.45) is -3.10. The normalized spacial score (nSPS) is 10.6. The van der Waals surface area contributed by atoms with Crippen molar-refractivity contribution in [1.82, 2.24) is 4.98 Å². The van der Waals surface area contributed by atoms with Crippen LogP contribution in [0.5, 0.6) is 0 Å². The third kappa shape index (κ3) is 1.95. The number of halogens is 3. The van der Waals surface area contributed by atoms with E-state index >= 15 is 0 Å². The molecule has 1 heterocycles. The van der Waals surface area contributed by atoms with Gasteiger partial charge < -0.3 is 4.98 Å². The summed E-state index contributed by atoms with van der Waals surface area (Å²) in [5.74, 6) is 0. The summed E-state index contributed by atoms with van der Waals surface area (Å²) in [6, 6.07) is 0.823. The smallest absolute Gasteiger partial charge is 0.308 e. The van der Waals surface area contributed by atoms with Crippen molar-refractivity contribution < 1.29 is 13.7 Å². The number of H-pyrrole nitrogens is 1. The Hall–Kier alpha value is -1.31. The van der Waals surface area contributed by atoms with Crippen LogP contribution in [0.3, 0.4) is 0 Å². The van der Waals surface area contributed by atoms with Crippen LogP contribution in [0.25, 0.3) is 0 Å². The van der Waals surface area contributed by atoms with Crippen LogP contribution in [-0.4, -0.2) is 9.91 Å². The summed E-state index contributed by atoms with van der Waals surface area (Å²) in [5, 5.41) is 10.4. The predicted molar refractivity (Wildman–Crippen MR) is 46.4 cm³/mol. The van der Waals surface area contributed by atoms with Crippen molar-refractivity contribution >= 4 is 21.6 Å². The van der Waals surface area contributed by atoms with Crippen molar-refractivity contribution in [2.45, 2.75) is 6.43 Å². The van der Waals surface area contributed by atoms with Crippen LogP contribution < -0.4 is 5.56 Å². The summed E-state index contributed by atoms with van der Waals surface area (Å²) in [6.45, 7) is 0. The van der Waals surface area contributed by atoms with Gasteiger partial charge in [-0.3, -0.25) is 14.9 Å². The average Bonchev–Trinajstić information content (AvgIpc) is 2.01. The highest BCUT2D eigenvalue weighted by Crippen LogP contribution is 2.31. The fourth-order valence-corrected chi connectivity index (χ4v) is 1.45. The van der Waals surface area contributed by atoms with E-state index in [4.69, 9.17) is 0 Å². The molecule has 0 saturated heterocycles. The maximum absolute atomic E-state index is 12.3. The number of nitrogens with zero attached hydrogens (tertiary/aromatic N) is 1. The molecule has 1 aromatic rings. The summed E-state index contributed by atoms with van der Waals surface area (Å²) >= 11 is 2.67. The quantitative estimate of drug-likeness (QED) is 0.658. The Morgan fingerprint density at radius 1 is 1.57 bits per heavy atom. The highest BCUT2D eigenvalue weighted by Gasteiger charge is 2.26. The Balaban J connectivity index is 3.52. The molecule has 14 heavy (non-hydrogen) atoms. The second kappa shape index (κ2) is 3.82. The van der Waals surface area contributed by atoms with Gasteiger partial charge in [0.2, 0.25) is 5.56 Å². The lowest BCUT2D eigenvalue weighted by Crippen LogP contribution is -2.11. The molecule has 5 nitrogen and oxygen atoms in total. The second-order valence-electron chi connectivity index (χ2n) is 2.30. The van der Waals surface area contributed by atoms with Gasteiger partial charge in [-0.15, -0.1) is 0 Å². The molecule has 0 fully saturated rings. The standard InChI is InChI=1S/C6H3BrF2N2O3/c7-2-1-3(12)10-4(6(8)9)5(2)11(13)14/h1,6H,(H,10,12). The number of hydrogen-bond donors (Lipinski definition) is 1. The van der Waals surface area contributed by atoms with Crippen LogP contribution in [0.15, 0.2) is 15.3 Å². The van der Waals surface area contributed by atoms with E-state index in [2.05, 4.69) is 15.9 Å². The van der Waals surface area contributed by atoms with Crippen LogP contribution in [0.4, 0.5) is 14.5 Å². The second-order valence-corrected chi connectivity index (χ2v) is 3.16. The molecule has 0 aliphatic heterocycles. The molecular formula is C6H3BrF2N2O3. The maximum atomic E-state index is 12.3. The number of pyridine rings is 1. The SMILES string of the molecule is O=c1cc(Br)c([N+](=O)[O-])c(C(F)F)[nH]1. The van der Waals surface area contributed by atoms with Crippen LogP contribution in [0.1, 0.15) is 12.1 Å². The fourth-order valence-electron chi connectivity index (χ4n) is 0.884. The number of aromatic amines is 1. The van der Waals surface area contributed by atoms with Crippen LogP contribution in [0, 0.1) is 10.1 Å². The first kappa shape index (κ1) is 10.8. The van der Waals surface area contributed by atoms with E-state index in [1.165, 1.54) is 0 Å². The number of aromatic nitrogens is 1. The predicted octanol–water partition coefficient (Wildman–Crippen LogP) is 1.98. The van der Waals surface area contributed by atoms with Gasteiger partial charge in [-0.25, -0.2) is 8.78 Å². The molecule has 1 rings (SSSR count). The molecular weight excluding hydrogens is 266 g/mol. The first-order chi connectivity index (χ1) is 6.43. The van der Waals surface area contributed by atoms with Crippen molar-refractivity contribution in [1.29, 1.82) is 0 Å². The highest BCUT2D eigenvalue weighted by atomic mass is 79.9. The fraction of sp³-hybridized carbons (Fsp3) is 0.167. The lowest BCUT2D eigenvalue weighted by atomic mass is 10.3. The largest absolute Gasteiger partial charge is 0.315 e. The molecule has 76 valence electrons. The van der Waals surface area contributed by atoms with Gasteiger partial charge in [0.25, 0.3) is 6.43 Å². The molecule has 0 radical (unpaired) electrons. The van der Waals surface area contributed by atoms with Crippen molar-refractivity contribution in [3.8, 4) is 0 Å². The van der Waals surface area contributed by atoms with E-state index in [0.29, 0.717) is 0 Å². The number of nitrogens with one attached hydrogen (secondary N) is 1. The minimum absolute atomic E-state index is 0.262. The zero-order valence-electron chi connectivity index (χ0n) is 6.46. The third-order valence-electron chi connectivity index (χ3n) is 1.40. The summed E-state index contributed by atoms with van der Waals surface area (Å²) in [7, 11) is 0. The van der Waals surface area contributed by atoms with Gasteiger partial charge in [-0.05, 0) is 15.9 Å². The van der Waals surface area contributed by atoms with Crippen molar-refractivity contribution in [2.24, 2.45) is 0 Å². The monoisotopic (exact) mass is 268 g/mol. The minimum atomic E-state index is -3.10. The van der Waals surface area contributed by atoms with Crippen molar-refractivity contribution in [3.05, 3.63) is 36.7 Å². The lowest BCUT2D eigenvalue weighted by molar-refractivity contribution is -0.387. The van der Waals surface area contributed by atoms with E-state index in [-0.39, 0.29) is 4.47 Å². The molecule has 0 aliphatic carbocycles. The Morgan fingerprint density at radius 3 is 2.57 bits per heavy atom. The minimum Gasteiger partial charge on any atom is -0.315 e. The van der Waals surface area contributed by atoms with Gasteiger partial charge in [-0.1, -0.05) is 0 Å². The molecule has 0 atom stereocenters. The van der Waals surface area contributed by atoms with E-state index in [1.54, 1.807) is 4.98 Å². The number of nitro groups is 1. The first-order valence-electron chi connectivity index (χ1n) is 3.28. The molecule has 0 unspecified atom stereocenters. The zero-order valence-corrected chi connectivity index (χ0v) is 8.05. The van der Waals surface area contributed by atoms with Gasteiger partial charge in [0, 0.05) is 6.07 Å². The topological polar surface area (TPSA) is 76.0 Å². The first-order valence-corrected chi connectivity index (χ1v) is 4.08. The molecule has 0 aromatic carbocycles. The molecule has 0 spiro atoms. The molecule has 1 N–H and O–H groups in total. The van der Waals surface area contributed by atoms with E-state index in [0.717, 1.165) is 6.07 Å². The summed E-state index contributed by atoms with van der Waals surface area (Å²) in [5.41, 5.74) is -2.63. The van der Waals surface area contributed by atoms with E-state index in [1.807, 2.05) is 0 Å². The highest BCUT2D eigenvalue weighted by molar-refractivity contribution is 9.10. The molecule has 0 bridgehead atoms. The molecule has 0 aliphatic rings. The van der Waals surface area contributed by atoms with Crippen LogP contribution >= 0.6 is 15.9 Å². The zero-order chi connectivity index (χ0) is 10.9. The Bertz CT molecular complexity index is 432. The third-order valence-corrected chi connectivity index (χ3v) is 2.00. The van der Waals surface area contributed by atoms with E-state index in [9.17, 15) is 23.7 Å². The molecule has 0 saturated carbocycles. The lowest BCUT2D eigenvalue weighted by Gasteiger charge is -2.01. The Kier molecular flexibility index (Phi) is 2.94. The Labute approximate surface area is 84.0 Å². The van der Waals surface area contributed by atoms with Gasteiger partial charge in [0.1, 0.15) is 4.47 Å². The van der Waals surface area contributed by atoms with Crippen molar-refractivity contribution in [3.63, 3.8) is 0 Å². The van der Waals surface area contributed by atoms with E-state index < -0.39 is 28.3 Å². The van der Waals surface area contributed by atoms with Gasteiger partial charge in [-0.2, -0.15) is 0 Å².